The minimum atomic E-state index is 0. The van der Waals surface area contributed by atoms with E-state index in [1.807, 2.05) is 0 Å². The summed E-state index contributed by atoms with van der Waals surface area (Å²) in [7, 11) is 0. The summed E-state index contributed by atoms with van der Waals surface area (Å²) in [6.45, 7) is 0. The van der Waals surface area contributed by atoms with E-state index in [9.17, 15) is 0 Å². The maximum Gasteiger partial charge on any atom is 3.00 e. The standard InChI is InChI=1S/2Al.2Li.3O.2H3P.2Si.2H/h;;;;;;;2*1H3;;;;/q2*+3;2*+1;3*-2;;;;;2*-1. The van der Waals surface area contributed by atoms with Crippen molar-refractivity contribution >= 4 is 76.5 Å². The van der Waals surface area contributed by atoms with Crippen molar-refractivity contribution in [2.45, 2.75) is 0 Å². The molecule has 0 aromatic heterocycles. The fourth-order valence-corrected chi connectivity index (χ4v) is 0. The van der Waals surface area contributed by atoms with Crippen LogP contribution in [0.1, 0.15) is 2.85 Å². The van der Waals surface area contributed by atoms with E-state index in [1.165, 1.54) is 0 Å². The van der Waals surface area contributed by atoms with Crippen LogP contribution in [0.5, 0.6) is 0 Å². The molecule has 2 atom stereocenters. The molecule has 0 aliphatic carbocycles. The molecule has 0 fully saturated rings. The molecule has 2 unspecified atom stereocenters. The molecule has 0 aliphatic rings. The zero-order valence-electron chi connectivity index (χ0n) is 8.79. The van der Waals surface area contributed by atoms with Crippen molar-refractivity contribution in [3.63, 3.8) is 0 Å². The number of hydrogen-bond donors (Lipinski definition) is 0. The van der Waals surface area contributed by atoms with Crippen LogP contribution < -0.4 is 37.7 Å². The van der Waals surface area contributed by atoms with Crippen molar-refractivity contribution in [3.05, 3.63) is 0 Å². The number of rotatable bonds is 0. The first-order valence-corrected chi connectivity index (χ1v) is 0. The fraction of sp³-hybridized carbons (Fsp3) is 0. The van der Waals surface area contributed by atoms with Crippen LogP contribution in [0.15, 0.2) is 0 Å². The maximum absolute atomic E-state index is 0. The summed E-state index contributed by atoms with van der Waals surface area (Å²) in [6, 6.07) is 0. The Morgan fingerprint density at radius 2 is 0.545 bits per heavy atom. The first-order chi connectivity index (χ1) is 0. The molecule has 3 nitrogen and oxygen atoms in total. The Morgan fingerprint density at radius 1 is 0.545 bits per heavy atom. The normalized spacial score (nSPS) is 0. The van der Waals surface area contributed by atoms with Gasteiger partial charge in [0.25, 0.3) is 0 Å². The van der Waals surface area contributed by atoms with Gasteiger partial charge in [0, 0.05) is 21.9 Å². The van der Waals surface area contributed by atoms with Gasteiger partial charge in [-0.1, -0.05) is 0 Å². The third kappa shape index (κ3) is 149. The van der Waals surface area contributed by atoms with Crippen LogP contribution in [0.3, 0.4) is 0 Å². The maximum atomic E-state index is 0. The van der Waals surface area contributed by atoms with Gasteiger partial charge in [0.1, 0.15) is 0 Å². The Hall–Kier alpha value is 3.43. The molecule has 11 heavy (non-hydrogen) atoms. The molecule has 0 saturated carbocycles. The van der Waals surface area contributed by atoms with Crippen LogP contribution in [-0.2, 0) is 16.4 Å². The van der Waals surface area contributed by atoms with Gasteiger partial charge in [0.05, 0.1) is 0 Å². The van der Waals surface area contributed by atoms with Gasteiger partial charge in [-0.3, -0.25) is 0 Å². The van der Waals surface area contributed by atoms with Gasteiger partial charge in [-0.15, -0.1) is 0 Å². The second-order valence-electron chi connectivity index (χ2n) is 0. The predicted octanol–water partition coefficient (Wildman–Crippen LogP) is -7.53. The molecule has 0 N–H and O–H groups in total. The summed E-state index contributed by atoms with van der Waals surface area (Å²) in [5.74, 6) is 0. The summed E-state index contributed by atoms with van der Waals surface area (Å²) in [4.78, 5) is 0. The fourth-order valence-electron chi connectivity index (χ4n) is 0. The molecule has 11 heteroatoms. The Bertz CT molecular complexity index is 33.4. The molecule has 52 valence electrons. The Morgan fingerprint density at radius 3 is 0.545 bits per heavy atom. The first kappa shape index (κ1) is 221. The van der Waals surface area contributed by atoms with E-state index in [2.05, 4.69) is 0 Å². The van der Waals surface area contributed by atoms with Crippen molar-refractivity contribution in [3.8, 4) is 0 Å². The average molecular weight is 242 g/mol. The van der Waals surface area contributed by atoms with Crippen LogP contribution in [0.25, 0.3) is 0 Å². The summed E-state index contributed by atoms with van der Waals surface area (Å²) in [6.07, 6.45) is 0. The van der Waals surface area contributed by atoms with E-state index in [-0.39, 0.29) is 133 Å². The molecule has 0 amide bonds. The van der Waals surface area contributed by atoms with E-state index in [0.717, 1.165) is 0 Å². The van der Waals surface area contributed by atoms with Crippen molar-refractivity contribution in [1.29, 1.82) is 0 Å². The van der Waals surface area contributed by atoms with E-state index < -0.39 is 0 Å². The van der Waals surface area contributed by atoms with E-state index in [1.54, 1.807) is 0 Å². The zero-order chi connectivity index (χ0) is 0. The number of hydrogen-bond acceptors (Lipinski definition) is 0. The van der Waals surface area contributed by atoms with Crippen LogP contribution >= 0.6 is 19.8 Å². The Kier molecular flexibility index (Phi) is 3540. The summed E-state index contributed by atoms with van der Waals surface area (Å²) in [5, 5.41) is 0. The molecule has 0 aromatic rings. The molecule has 0 bridgehead atoms. The van der Waals surface area contributed by atoms with Gasteiger partial charge < -0.3 is 19.3 Å². The molecule has 0 heterocycles. The van der Waals surface area contributed by atoms with Gasteiger partial charge in [0.15, 0.2) is 0 Å². The van der Waals surface area contributed by atoms with E-state index in [0.29, 0.717) is 0 Å². The van der Waals surface area contributed by atoms with Crippen molar-refractivity contribution in [2.24, 2.45) is 0 Å². The van der Waals surface area contributed by atoms with Crippen LogP contribution in [0.4, 0.5) is 0 Å². The van der Waals surface area contributed by atoms with Crippen molar-refractivity contribution in [2.75, 3.05) is 0 Å². The van der Waals surface area contributed by atoms with Gasteiger partial charge in [-0.25, -0.2) is 0 Å². The molecule has 0 spiro atoms. The first-order valence-electron chi connectivity index (χ1n) is 0. The van der Waals surface area contributed by atoms with Gasteiger partial charge in [-0.2, -0.15) is 19.8 Å². The van der Waals surface area contributed by atoms with Crippen LogP contribution in [-0.4, -0.2) is 56.7 Å². The molecular weight excluding hydrogens is 234 g/mol. The van der Waals surface area contributed by atoms with Crippen molar-refractivity contribution < 1.29 is 57.0 Å². The van der Waals surface area contributed by atoms with Crippen LogP contribution in [0.2, 0.25) is 0 Å². The molecule has 0 aromatic carbocycles. The minimum absolute atomic E-state index is 0. The third-order valence-electron chi connectivity index (χ3n) is 0. The third-order valence-corrected chi connectivity index (χ3v) is 0. The SMILES string of the molecule is P.P.[Al+3].[Al+3].[H-].[H-].[Li+].[Li+].[O-2].[O-2].[O-2].[Si].[Si]. The zero-order valence-corrected chi connectivity index (χ0v) is 13.9. The van der Waals surface area contributed by atoms with Crippen molar-refractivity contribution in [1.82, 2.24) is 0 Å². The monoisotopic (exact) mass is 242 g/mol. The smallest absolute Gasteiger partial charge is 2.00 e. The predicted molar refractivity (Wildman–Crippen MR) is 49.5 cm³/mol. The van der Waals surface area contributed by atoms with Gasteiger partial charge in [-0.05, 0) is 0 Å². The largest absolute Gasteiger partial charge is 3.00 e. The van der Waals surface area contributed by atoms with E-state index >= 15 is 0 Å². The summed E-state index contributed by atoms with van der Waals surface area (Å²) < 4.78 is 0. The van der Waals surface area contributed by atoms with E-state index in [4.69, 9.17) is 0 Å². The molecule has 0 saturated heterocycles. The van der Waals surface area contributed by atoms with Gasteiger partial charge >= 0.3 is 72.4 Å². The topological polar surface area (TPSA) is 85.5 Å². The van der Waals surface area contributed by atoms with Gasteiger partial charge in [0.2, 0.25) is 0 Å². The van der Waals surface area contributed by atoms with Crippen LogP contribution in [0, 0.1) is 0 Å². The minimum Gasteiger partial charge on any atom is -2.00 e. The second kappa shape index (κ2) is 176. The summed E-state index contributed by atoms with van der Waals surface area (Å²) in [5.41, 5.74) is 0. The molecule has 0 rings (SSSR count). The Balaban J connectivity index is 0. The Labute approximate surface area is 132 Å². The summed E-state index contributed by atoms with van der Waals surface area (Å²) >= 11 is 0. The molecule has 0 aliphatic heterocycles. The second-order valence-corrected chi connectivity index (χ2v) is 0. The quantitative estimate of drug-likeness (QED) is 0.298. The average Bonchev–Trinajstić information content (AvgIpc) is 0. The molecular formula is H8Al2Li2O3P2Si2. The molecule has 8 radical (unpaired) electrons.